The third-order valence-corrected chi connectivity index (χ3v) is 0.834. The Morgan fingerprint density at radius 1 is 1.56 bits per heavy atom. The van der Waals surface area contributed by atoms with Gasteiger partial charge in [0, 0.05) is 50.5 Å². The normalized spacial score (nSPS) is 8.00. The molecule has 1 heterocycles. The van der Waals surface area contributed by atoms with E-state index in [1.54, 1.807) is 4.68 Å². The van der Waals surface area contributed by atoms with Gasteiger partial charge in [-0.05, 0) is 12.5 Å². The molecule has 9 heavy (non-hydrogen) atoms. The summed E-state index contributed by atoms with van der Waals surface area (Å²) in [6, 6.07) is 0. The molecule has 1 rings (SSSR count). The summed E-state index contributed by atoms with van der Waals surface area (Å²) in [5.74, 6) is 0. The molecule has 0 amide bonds. The molecule has 0 N–H and O–H groups in total. The van der Waals surface area contributed by atoms with Crippen LogP contribution in [0.15, 0.2) is 12.4 Å². The summed E-state index contributed by atoms with van der Waals surface area (Å²) in [7, 11) is 1.91. The molecular weight excluding hydrogens is 342 g/mol. The van der Waals surface area contributed by atoms with Crippen LogP contribution >= 0.6 is 37.2 Å². The molecule has 0 aliphatic heterocycles. The van der Waals surface area contributed by atoms with Gasteiger partial charge in [-0.3, -0.25) is 4.68 Å². The number of hydrogen-bond acceptors (Lipinski definition) is 1. The summed E-state index contributed by atoms with van der Waals surface area (Å²) in [5.41, 5.74) is 1.21. The number of halogens is 2. The first-order valence-electron chi connectivity index (χ1n) is 2.38. The van der Waals surface area contributed by atoms with Crippen LogP contribution in [0.25, 0.3) is 0 Å². The summed E-state index contributed by atoms with van der Waals surface area (Å²) in [6.07, 6.45) is 3.81. The van der Waals surface area contributed by atoms with Crippen LogP contribution in [0.2, 0.25) is 0 Å². The van der Waals surface area contributed by atoms with E-state index in [1.165, 1.54) is 5.56 Å². The first kappa shape index (κ1) is 9.67. The second-order valence-corrected chi connectivity index (χ2v) is 1.69. The van der Waals surface area contributed by atoms with E-state index in [1.807, 2.05) is 26.4 Å². The van der Waals surface area contributed by atoms with E-state index in [0.29, 0.717) is 0 Å². The monoisotopic (exact) mass is 350 g/mol. The molecule has 0 saturated heterocycles. The van der Waals surface area contributed by atoms with Crippen LogP contribution < -0.4 is 0 Å². The SMILES string of the molecule is Cc1cnn(C)c1.II. The van der Waals surface area contributed by atoms with Gasteiger partial charge in [-0.2, -0.15) is 5.10 Å². The minimum absolute atomic E-state index is 1.21. The van der Waals surface area contributed by atoms with E-state index < -0.39 is 0 Å². The third-order valence-electron chi connectivity index (χ3n) is 0.834. The van der Waals surface area contributed by atoms with E-state index in [4.69, 9.17) is 0 Å². The van der Waals surface area contributed by atoms with E-state index in [-0.39, 0.29) is 0 Å². The molecule has 0 aliphatic carbocycles. The molecule has 0 aliphatic rings. The van der Waals surface area contributed by atoms with E-state index >= 15 is 0 Å². The van der Waals surface area contributed by atoms with Crippen molar-refractivity contribution < 1.29 is 0 Å². The van der Waals surface area contributed by atoms with Crippen LogP contribution in [-0.2, 0) is 7.05 Å². The van der Waals surface area contributed by atoms with Crippen LogP contribution in [0, 0.1) is 6.92 Å². The highest BCUT2D eigenvalue weighted by Crippen LogP contribution is 1.89. The molecule has 0 unspecified atom stereocenters. The average molecular weight is 350 g/mol. The molecular formula is C5H8I2N2. The first-order chi connectivity index (χ1) is 4.29. The zero-order chi connectivity index (χ0) is 7.28. The molecule has 0 spiro atoms. The Morgan fingerprint density at radius 2 is 2.11 bits per heavy atom. The van der Waals surface area contributed by atoms with Gasteiger partial charge in [0.05, 0.1) is 6.20 Å². The van der Waals surface area contributed by atoms with Crippen molar-refractivity contribution in [2.45, 2.75) is 6.92 Å². The lowest BCUT2D eigenvalue weighted by molar-refractivity contribution is 0.767. The summed E-state index contributed by atoms with van der Waals surface area (Å²) in [5, 5.41) is 3.93. The minimum Gasteiger partial charge on any atom is -0.276 e. The highest BCUT2D eigenvalue weighted by Gasteiger charge is 1.81. The predicted octanol–water partition coefficient (Wildman–Crippen LogP) is 2.50. The molecule has 1 aromatic heterocycles. The highest BCUT2D eigenvalue weighted by molar-refractivity contribution is 15.0. The van der Waals surface area contributed by atoms with Crippen LogP contribution in [0.4, 0.5) is 0 Å². The van der Waals surface area contributed by atoms with Gasteiger partial charge in [-0.1, -0.05) is 0 Å². The average Bonchev–Trinajstić information content (AvgIpc) is 2.20. The smallest absolute Gasteiger partial charge is 0.0518 e. The van der Waals surface area contributed by atoms with Crippen molar-refractivity contribution in [3.8, 4) is 0 Å². The van der Waals surface area contributed by atoms with Crippen molar-refractivity contribution in [2.24, 2.45) is 7.05 Å². The van der Waals surface area contributed by atoms with Crippen molar-refractivity contribution in [3.05, 3.63) is 18.0 Å². The molecule has 4 heteroatoms. The van der Waals surface area contributed by atoms with E-state index in [0.717, 1.165) is 0 Å². The molecule has 0 saturated carbocycles. The zero-order valence-electron chi connectivity index (χ0n) is 5.31. The largest absolute Gasteiger partial charge is 0.276 e. The summed E-state index contributed by atoms with van der Waals surface area (Å²) in [4.78, 5) is 0. The topological polar surface area (TPSA) is 17.8 Å². The van der Waals surface area contributed by atoms with Gasteiger partial charge in [0.1, 0.15) is 0 Å². The molecule has 0 fully saturated rings. The quantitative estimate of drug-likeness (QED) is 0.658. The lowest BCUT2D eigenvalue weighted by Gasteiger charge is -1.78. The van der Waals surface area contributed by atoms with Crippen molar-refractivity contribution in [2.75, 3.05) is 0 Å². The number of aromatic nitrogens is 2. The van der Waals surface area contributed by atoms with Crippen molar-refractivity contribution in [1.29, 1.82) is 0 Å². The molecule has 0 bridgehead atoms. The second kappa shape index (κ2) is 5.45. The zero-order valence-corrected chi connectivity index (χ0v) is 9.62. The van der Waals surface area contributed by atoms with Crippen LogP contribution in [0.1, 0.15) is 5.56 Å². The van der Waals surface area contributed by atoms with Crippen LogP contribution in [0.5, 0.6) is 0 Å². The Morgan fingerprint density at radius 3 is 2.22 bits per heavy atom. The Balaban J connectivity index is 0.000000291. The number of nitrogens with zero attached hydrogens (tertiary/aromatic N) is 2. The summed E-state index contributed by atoms with van der Waals surface area (Å²) in [6.45, 7) is 2.02. The van der Waals surface area contributed by atoms with Gasteiger partial charge in [0.15, 0.2) is 0 Å². The molecule has 2 nitrogen and oxygen atoms in total. The van der Waals surface area contributed by atoms with Crippen molar-refractivity contribution in [1.82, 2.24) is 9.78 Å². The van der Waals surface area contributed by atoms with Gasteiger partial charge in [-0.15, -0.1) is 0 Å². The maximum atomic E-state index is 3.93. The Labute approximate surface area is 78.3 Å². The van der Waals surface area contributed by atoms with Crippen molar-refractivity contribution in [3.63, 3.8) is 0 Å². The van der Waals surface area contributed by atoms with E-state index in [2.05, 4.69) is 42.3 Å². The standard InChI is InChI=1S/C5H8N2.I2/c1-5-3-6-7(2)4-5;1-2/h3-4H,1-2H3;. The molecule has 1 aromatic rings. The Bertz CT molecular complexity index is 145. The van der Waals surface area contributed by atoms with Gasteiger partial charge >= 0.3 is 0 Å². The lowest BCUT2D eigenvalue weighted by atomic mass is 10.4. The molecule has 0 aromatic carbocycles. The molecule has 0 radical (unpaired) electrons. The van der Waals surface area contributed by atoms with Gasteiger partial charge in [-0.25, -0.2) is 0 Å². The van der Waals surface area contributed by atoms with Crippen molar-refractivity contribution >= 4 is 37.2 Å². The number of rotatable bonds is 0. The van der Waals surface area contributed by atoms with Gasteiger partial charge in [0.25, 0.3) is 0 Å². The molecule has 52 valence electrons. The van der Waals surface area contributed by atoms with Gasteiger partial charge < -0.3 is 0 Å². The lowest BCUT2D eigenvalue weighted by Crippen LogP contribution is -1.83. The maximum absolute atomic E-state index is 3.93. The second-order valence-electron chi connectivity index (χ2n) is 1.69. The maximum Gasteiger partial charge on any atom is 0.0518 e. The predicted molar refractivity (Wildman–Crippen MR) is 56.0 cm³/mol. The molecule has 0 atom stereocenters. The fourth-order valence-corrected chi connectivity index (χ4v) is 0.544. The van der Waals surface area contributed by atoms with Gasteiger partial charge in [0.2, 0.25) is 0 Å². The fraction of sp³-hybridized carbons (Fsp3) is 0.400. The van der Waals surface area contributed by atoms with Crippen LogP contribution in [-0.4, -0.2) is 9.78 Å². The van der Waals surface area contributed by atoms with Crippen LogP contribution in [0.3, 0.4) is 0 Å². The fourth-order valence-electron chi connectivity index (χ4n) is 0.544. The Hall–Kier alpha value is 0.670. The summed E-state index contributed by atoms with van der Waals surface area (Å²) >= 11 is 4.24. The first-order valence-corrected chi connectivity index (χ1v) is 8.67. The minimum atomic E-state index is 1.21. The van der Waals surface area contributed by atoms with E-state index in [9.17, 15) is 0 Å². The number of hydrogen-bond donors (Lipinski definition) is 0. The Kier molecular flexibility index (Phi) is 5.86. The highest BCUT2D eigenvalue weighted by atomic mass is 128. The summed E-state index contributed by atoms with van der Waals surface area (Å²) < 4.78 is 1.79. The third kappa shape index (κ3) is 4.12. The number of aryl methyl sites for hydroxylation is 2.